The third-order valence-electron chi connectivity index (χ3n) is 5.42. The Morgan fingerprint density at radius 1 is 0.690 bits per heavy atom. The summed E-state index contributed by atoms with van der Waals surface area (Å²) >= 11 is 0. The van der Waals surface area contributed by atoms with Crippen LogP contribution in [0.4, 0.5) is 0 Å². The van der Waals surface area contributed by atoms with Crippen molar-refractivity contribution in [2.75, 3.05) is 20.2 Å². The minimum absolute atomic E-state index is 0.0758. The first-order valence-corrected chi connectivity index (χ1v) is 12.4. The highest BCUT2D eigenvalue weighted by Crippen LogP contribution is 2.22. The van der Waals surface area contributed by atoms with Crippen molar-refractivity contribution in [2.45, 2.75) is 6.42 Å². The number of benzene rings is 3. The number of esters is 4. The zero-order valence-electron chi connectivity index (χ0n) is 22.4. The van der Waals surface area contributed by atoms with Crippen molar-refractivity contribution in [3.8, 4) is 17.2 Å². The van der Waals surface area contributed by atoms with Gasteiger partial charge in [0.2, 0.25) is 13.6 Å². The van der Waals surface area contributed by atoms with E-state index in [2.05, 4.69) is 13.2 Å². The van der Waals surface area contributed by atoms with Crippen molar-refractivity contribution in [1.29, 1.82) is 5.41 Å². The Bertz CT molecular complexity index is 1450. The second kappa shape index (κ2) is 15.8. The summed E-state index contributed by atoms with van der Waals surface area (Å²) < 4.78 is 30.8. The smallest absolute Gasteiger partial charge is 0.343 e. The van der Waals surface area contributed by atoms with Crippen molar-refractivity contribution in [3.63, 3.8) is 0 Å². The largest absolute Gasteiger partial charge is 0.462 e. The summed E-state index contributed by atoms with van der Waals surface area (Å²) in [6, 6.07) is 17.1. The van der Waals surface area contributed by atoms with Crippen LogP contribution < -0.4 is 14.2 Å². The van der Waals surface area contributed by atoms with E-state index in [0.717, 1.165) is 23.9 Å². The predicted octanol–water partition coefficient (Wildman–Crippen LogP) is 4.43. The topological polar surface area (TPSA) is 148 Å². The zero-order chi connectivity index (χ0) is 30.3. The van der Waals surface area contributed by atoms with Crippen LogP contribution in [-0.2, 0) is 30.2 Å². The molecule has 3 aromatic rings. The van der Waals surface area contributed by atoms with Gasteiger partial charge in [-0.1, -0.05) is 19.2 Å². The van der Waals surface area contributed by atoms with Gasteiger partial charge in [-0.15, -0.1) is 0 Å². The van der Waals surface area contributed by atoms with E-state index in [0.29, 0.717) is 29.0 Å². The second-order valence-electron chi connectivity index (χ2n) is 8.20. The standard InChI is InChI=1S/C31H27NO10/c1-3-28(33)40-19-38-25-10-6-22(7-11-25)30(35)37-16-15-21-5-14-27(24(17-21)18-32)42-31(36)23-8-12-26(13-9-23)39-20-41-29(34)4-2/h3-14,17-18,32H,1-2,15-16,19-20H2. The van der Waals surface area contributed by atoms with Crippen LogP contribution in [0.3, 0.4) is 0 Å². The van der Waals surface area contributed by atoms with Gasteiger partial charge in [0.05, 0.1) is 17.7 Å². The summed E-state index contributed by atoms with van der Waals surface area (Å²) in [5.41, 5.74) is 1.68. The first-order valence-electron chi connectivity index (χ1n) is 12.4. The van der Waals surface area contributed by atoms with Gasteiger partial charge < -0.3 is 33.8 Å². The lowest BCUT2D eigenvalue weighted by Crippen LogP contribution is -2.11. The number of ether oxygens (including phenoxy) is 6. The van der Waals surface area contributed by atoms with Crippen molar-refractivity contribution in [3.05, 3.63) is 114 Å². The molecule has 42 heavy (non-hydrogen) atoms. The first-order chi connectivity index (χ1) is 20.3. The van der Waals surface area contributed by atoms with Crippen LogP contribution in [0.5, 0.6) is 17.2 Å². The monoisotopic (exact) mass is 573 g/mol. The lowest BCUT2D eigenvalue weighted by atomic mass is 10.1. The van der Waals surface area contributed by atoms with Gasteiger partial charge in [0, 0.05) is 30.4 Å². The molecule has 0 aliphatic rings. The third kappa shape index (κ3) is 9.49. The van der Waals surface area contributed by atoms with E-state index in [-0.39, 0.29) is 31.5 Å². The van der Waals surface area contributed by atoms with Crippen molar-refractivity contribution in [2.24, 2.45) is 0 Å². The highest BCUT2D eigenvalue weighted by Gasteiger charge is 2.13. The highest BCUT2D eigenvalue weighted by atomic mass is 16.7. The molecule has 216 valence electrons. The Balaban J connectivity index is 1.48. The van der Waals surface area contributed by atoms with Crippen molar-refractivity contribution in [1.82, 2.24) is 0 Å². The summed E-state index contributed by atoms with van der Waals surface area (Å²) in [4.78, 5) is 47.0. The summed E-state index contributed by atoms with van der Waals surface area (Å²) in [5.74, 6) is -1.44. The van der Waals surface area contributed by atoms with Crippen LogP contribution in [0.15, 0.2) is 92.0 Å². The molecule has 0 saturated heterocycles. The molecule has 0 unspecified atom stereocenters. The lowest BCUT2D eigenvalue weighted by molar-refractivity contribution is -0.145. The molecular weight excluding hydrogens is 546 g/mol. The average molecular weight is 574 g/mol. The van der Waals surface area contributed by atoms with E-state index in [9.17, 15) is 19.2 Å². The highest BCUT2D eigenvalue weighted by molar-refractivity contribution is 5.93. The molecule has 0 radical (unpaired) electrons. The number of nitrogens with one attached hydrogen (secondary N) is 1. The van der Waals surface area contributed by atoms with E-state index in [1.807, 2.05) is 0 Å². The van der Waals surface area contributed by atoms with E-state index in [1.165, 1.54) is 36.4 Å². The summed E-state index contributed by atoms with van der Waals surface area (Å²) in [6.07, 6.45) is 3.45. The molecule has 0 amide bonds. The fourth-order valence-corrected chi connectivity index (χ4v) is 3.27. The van der Waals surface area contributed by atoms with Crippen LogP contribution in [0.1, 0.15) is 31.8 Å². The molecule has 0 atom stereocenters. The van der Waals surface area contributed by atoms with Gasteiger partial charge in [-0.2, -0.15) is 0 Å². The molecule has 11 nitrogen and oxygen atoms in total. The van der Waals surface area contributed by atoms with E-state index in [1.54, 1.807) is 30.3 Å². The van der Waals surface area contributed by atoms with Gasteiger partial charge in [0.15, 0.2) is 0 Å². The van der Waals surface area contributed by atoms with Crippen LogP contribution in [0, 0.1) is 5.41 Å². The SMILES string of the molecule is C=CC(=O)OCOc1ccc(C(=O)OCCc2ccc(OC(=O)c3ccc(OCOC(=O)C=C)cc3)c(C=N)c2)cc1. The van der Waals surface area contributed by atoms with Crippen molar-refractivity contribution < 1.29 is 47.6 Å². The number of carbonyl (C=O) groups excluding carboxylic acids is 4. The van der Waals surface area contributed by atoms with Gasteiger partial charge in [-0.05, 0) is 66.2 Å². The van der Waals surface area contributed by atoms with Gasteiger partial charge in [0.25, 0.3) is 0 Å². The third-order valence-corrected chi connectivity index (χ3v) is 5.42. The normalized spacial score (nSPS) is 10.0. The molecule has 0 bridgehead atoms. The van der Waals surface area contributed by atoms with E-state index in [4.69, 9.17) is 33.8 Å². The van der Waals surface area contributed by atoms with Crippen LogP contribution in [0.25, 0.3) is 0 Å². The van der Waals surface area contributed by atoms with Crippen LogP contribution in [0.2, 0.25) is 0 Å². The van der Waals surface area contributed by atoms with Crippen LogP contribution in [-0.4, -0.2) is 50.3 Å². The molecule has 3 rings (SSSR count). The van der Waals surface area contributed by atoms with E-state index >= 15 is 0 Å². The van der Waals surface area contributed by atoms with Gasteiger partial charge >= 0.3 is 23.9 Å². The Kier molecular flexibility index (Phi) is 11.6. The number of hydrogen-bond acceptors (Lipinski definition) is 11. The van der Waals surface area contributed by atoms with Gasteiger partial charge in [0.1, 0.15) is 17.2 Å². The second-order valence-corrected chi connectivity index (χ2v) is 8.20. The maximum Gasteiger partial charge on any atom is 0.343 e. The quantitative estimate of drug-likeness (QED) is 0.0691. The van der Waals surface area contributed by atoms with Gasteiger partial charge in [-0.3, -0.25) is 0 Å². The number of rotatable bonds is 15. The predicted molar refractivity (Wildman–Crippen MR) is 150 cm³/mol. The summed E-state index contributed by atoms with van der Waals surface area (Å²) in [6.45, 7) is 6.06. The minimum Gasteiger partial charge on any atom is -0.462 e. The molecule has 0 heterocycles. The first kappa shape index (κ1) is 30.8. The van der Waals surface area contributed by atoms with E-state index < -0.39 is 23.9 Å². The molecule has 3 aromatic carbocycles. The number of hydrogen-bond donors (Lipinski definition) is 1. The summed E-state index contributed by atoms with van der Waals surface area (Å²) in [7, 11) is 0. The molecule has 1 N–H and O–H groups in total. The Hall–Kier alpha value is -5.71. The Morgan fingerprint density at radius 2 is 1.21 bits per heavy atom. The molecule has 0 aromatic heterocycles. The minimum atomic E-state index is -0.640. The molecule has 0 aliphatic heterocycles. The zero-order valence-corrected chi connectivity index (χ0v) is 22.4. The average Bonchev–Trinajstić information content (AvgIpc) is 3.01. The fraction of sp³-hybridized carbons (Fsp3) is 0.129. The number of carbonyl (C=O) groups is 4. The molecule has 11 heteroatoms. The van der Waals surface area contributed by atoms with Gasteiger partial charge in [-0.25, -0.2) is 19.2 Å². The van der Waals surface area contributed by atoms with Crippen molar-refractivity contribution >= 4 is 30.1 Å². The fourth-order valence-electron chi connectivity index (χ4n) is 3.27. The molecular formula is C31H27NO10. The Labute approximate surface area is 241 Å². The molecule has 0 spiro atoms. The maximum absolute atomic E-state index is 12.6. The lowest BCUT2D eigenvalue weighted by Gasteiger charge is -2.11. The molecule has 0 saturated carbocycles. The van der Waals surface area contributed by atoms with Crippen LogP contribution >= 0.6 is 0 Å². The Morgan fingerprint density at radius 3 is 1.71 bits per heavy atom. The summed E-state index contributed by atoms with van der Waals surface area (Å²) in [5, 5.41) is 7.72. The molecule has 0 fully saturated rings. The molecule has 0 aliphatic carbocycles. The maximum atomic E-state index is 12.6.